The molecule has 1 aromatic carbocycles. The summed E-state index contributed by atoms with van der Waals surface area (Å²) in [5, 5.41) is 0.335. The highest BCUT2D eigenvalue weighted by Crippen LogP contribution is 2.27. The van der Waals surface area contributed by atoms with Crippen LogP contribution < -0.4 is 4.74 Å². The number of hydrogen-bond donors (Lipinski definition) is 0. The van der Waals surface area contributed by atoms with Gasteiger partial charge in [0.25, 0.3) is 5.91 Å². The molecule has 1 saturated heterocycles. The standard InChI is InChI=1S/C20H26ClF3N2O3/c1-25(2)18(27)16-7-6-15(13-17(16)21)29-12-4-3-5-14-8-10-26(11-9-14)19(28)20(22,23)24/h6-7,13-14H,3-5,8-12H2,1-2H3. The van der Waals surface area contributed by atoms with E-state index in [0.29, 0.717) is 41.7 Å². The van der Waals surface area contributed by atoms with E-state index < -0.39 is 12.1 Å². The molecule has 1 aromatic rings. The van der Waals surface area contributed by atoms with Crippen molar-refractivity contribution < 1.29 is 27.5 Å². The van der Waals surface area contributed by atoms with Gasteiger partial charge < -0.3 is 14.5 Å². The van der Waals surface area contributed by atoms with Crippen LogP contribution in [0.25, 0.3) is 0 Å². The van der Waals surface area contributed by atoms with Gasteiger partial charge in [-0.25, -0.2) is 0 Å². The summed E-state index contributed by atoms with van der Waals surface area (Å²) in [7, 11) is 3.31. The quantitative estimate of drug-likeness (QED) is 0.598. The predicted octanol–water partition coefficient (Wildman–Crippen LogP) is 4.39. The van der Waals surface area contributed by atoms with Crippen molar-refractivity contribution in [2.75, 3.05) is 33.8 Å². The van der Waals surface area contributed by atoms with Gasteiger partial charge in [0.05, 0.1) is 17.2 Å². The molecule has 0 spiro atoms. The van der Waals surface area contributed by atoms with Crippen LogP contribution in [0.15, 0.2) is 18.2 Å². The molecule has 0 atom stereocenters. The zero-order chi connectivity index (χ0) is 21.6. The molecule has 2 rings (SSSR count). The Morgan fingerprint density at radius 1 is 1.21 bits per heavy atom. The number of halogens is 4. The predicted molar refractivity (Wildman–Crippen MR) is 104 cm³/mol. The van der Waals surface area contributed by atoms with E-state index in [1.807, 2.05) is 0 Å². The fourth-order valence-electron chi connectivity index (χ4n) is 3.33. The lowest BCUT2D eigenvalue weighted by molar-refractivity contribution is -0.186. The number of carbonyl (C=O) groups excluding carboxylic acids is 2. The highest BCUT2D eigenvalue weighted by molar-refractivity contribution is 6.34. The van der Waals surface area contributed by atoms with Crippen molar-refractivity contribution in [3.8, 4) is 5.75 Å². The Hall–Kier alpha value is -1.96. The second-order valence-corrected chi connectivity index (χ2v) is 7.83. The Labute approximate surface area is 173 Å². The van der Waals surface area contributed by atoms with Gasteiger partial charge in [-0.1, -0.05) is 18.0 Å². The van der Waals surface area contributed by atoms with Gasteiger partial charge in [0.2, 0.25) is 0 Å². The fourth-order valence-corrected chi connectivity index (χ4v) is 3.58. The molecule has 162 valence electrons. The van der Waals surface area contributed by atoms with Crippen LogP contribution in [-0.4, -0.2) is 61.6 Å². The van der Waals surface area contributed by atoms with E-state index in [1.54, 1.807) is 32.3 Å². The summed E-state index contributed by atoms with van der Waals surface area (Å²) in [6.07, 6.45) is -1.00. The molecule has 0 N–H and O–H groups in total. The Bertz CT molecular complexity index is 717. The monoisotopic (exact) mass is 434 g/mol. The summed E-state index contributed by atoms with van der Waals surface area (Å²) in [4.78, 5) is 25.5. The molecule has 1 heterocycles. The average molecular weight is 435 g/mol. The van der Waals surface area contributed by atoms with E-state index in [1.165, 1.54) is 4.90 Å². The number of piperidine rings is 1. The third-order valence-corrected chi connectivity index (χ3v) is 5.31. The van der Waals surface area contributed by atoms with Crippen LogP contribution in [0.1, 0.15) is 42.5 Å². The zero-order valence-corrected chi connectivity index (χ0v) is 17.4. The van der Waals surface area contributed by atoms with Crippen molar-refractivity contribution >= 4 is 23.4 Å². The summed E-state index contributed by atoms with van der Waals surface area (Å²) < 4.78 is 43.0. The third kappa shape index (κ3) is 6.80. The molecule has 1 fully saturated rings. The highest BCUT2D eigenvalue weighted by Gasteiger charge is 2.43. The molecule has 2 amide bonds. The van der Waals surface area contributed by atoms with Crippen molar-refractivity contribution in [2.24, 2.45) is 5.92 Å². The maximum Gasteiger partial charge on any atom is 0.471 e. The van der Waals surface area contributed by atoms with E-state index in [-0.39, 0.29) is 19.0 Å². The molecule has 1 aliphatic heterocycles. The van der Waals surface area contributed by atoms with Crippen LogP contribution in [0, 0.1) is 5.92 Å². The molecule has 0 radical (unpaired) electrons. The lowest BCUT2D eigenvalue weighted by atomic mass is 9.91. The molecular weight excluding hydrogens is 409 g/mol. The molecule has 0 aliphatic carbocycles. The van der Waals surface area contributed by atoms with Gasteiger partial charge in [0, 0.05) is 27.2 Å². The largest absolute Gasteiger partial charge is 0.494 e. The lowest BCUT2D eigenvalue weighted by Gasteiger charge is -2.32. The first kappa shape index (κ1) is 23.3. The number of likely N-dealkylation sites (tertiary alicyclic amines) is 1. The van der Waals surface area contributed by atoms with Crippen LogP contribution in [0.3, 0.4) is 0 Å². The maximum absolute atomic E-state index is 12.4. The van der Waals surface area contributed by atoms with Crippen molar-refractivity contribution in [3.63, 3.8) is 0 Å². The molecule has 0 saturated carbocycles. The van der Waals surface area contributed by atoms with E-state index >= 15 is 0 Å². The Balaban J connectivity index is 1.66. The van der Waals surface area contributed by atoms with Crippen molar-refractivity contribution in [1.82, 2.24) is 9.80 Å². The molecule has 0 bridgehead atoms. The van der Waals surface area contributed by atoms with Gasteiger partial charge in [0.15, 0.2) is 0 Å². The number of hydrogen-bond acceptors (Lipinski definition) is 3. The van der Waals surface area contributed by atoms with Crippen LogP contribution in [0.4, 0.5) is 13.2 Å². The SMILES string of the molecule is CN(C)C(=O)c1ccc(OCCCCC2CCN(C(=O)C(F)(F)F)CC2)cc1Cl. The summed E-state index contributed by atoms with van der Waals surface area (Å²) in [6.45, 7) is 0.814. The van der Waals surface area contributed by atoms with Gasteiger partial charge in [-0.2, -0.15) is 13.2 Å². The zero-order valence-electron chi connectivity index (χ0n) is 16.6. The first-order chi connectivity index (χ1) is 13.6. The number of rotatable bonds is 7. The third-order valence-electron chi connectivity index (χ3n) is 5.00. The number of ether oxygens (including phenoxy) is 1. The van der Waals surface area contributed by atoms with E-state index in [0.717, 1.165) is 24.2 Å². The minimum atomic E-state index is -4.79. The van der Waals surface area contributed by atoms with Crippen LogP contribution >= 0.6 is 11.6 Å². The molecule has 0 unspecified atom stereocenters. The first-order valence-electron chi connectivity index (χ1n) is 9.59. The molecule has 1 aliphatic rings. The van der Waals surface area contributed by atoms with Crippen molar-refractivity contribution in [2.45, 2.75) is 38.3 Å². The number of unbranched alkanes of at least 4 members (excludes halogenated alkanes) is 1. The first-order valence-corrected chi connectivity index (χ1v) is 9.97. The number of amides is 2. The van der Waals surface area contributed by atoms with Gasteiger partial charge in [-0.3, -0.25) is 9.59 Å². The van der Waals surface area contributed by atoms with Crippen LogP contribution in [-0.2, 0) is 4.79 Å². The van der Waals surface area contributed by atoms with Crippen LogP contribution in [0.5, 0.6) is 5.75 Å². The lowest BCUT2D eigenvalue weighted by Crippen LogP contribution is -2.45. The fraction of sp³-hybridized carbons (Fsp3) is 0.600. The molecule has 29 heavy (non-hydrogen) atoms. The number of nitrogens with zero attached hydrogens (tertiary/aromatic N) is 2. The summed E-state index contributed by atoms with van der Waals surface area (Å²) in [5.74, 6) is -0.992. The van der Waals surface area contributed by atoms with Crippen LogP contribution in [0.2, 0.25) is 5.02 Å². The summed E-state index contributed by atoms with van der Waals surface area (Å²) in [5.41, 5.74) is 0.416. The smallest absolute Gasteiger partial charge is 0.471 e. The topological polar surface area (TPSA) is 49.9 Å². The highest BCUT2D eigenvalue weighted by atomic mass is 35.5. The maximum atomic E-state index is 12.4. The number of alkyl halides is 3. The molecular formula is C20H26ClF3N2O3. The summed E-state index contributed by atoms with van der Waals surface area (Å²) in [6, 6.07) is 4.96. The minimum Gasteiger partial charge on any atom is -0.494 e. The second-order valence-electron chi connectivity index (χ2n) is 7.42. The van der Waals surface area contributed by atoms with Gasteiger partial charge >= 0.3 is 12.1 Å². The minimum absolute atomic E-state index is 0.163. The average Bonchev–Trinajstić information content (AvgIpc) is 2.66. The number of carbonyl (C=O) groups is 2. The van der Waals surface area contributed by atoms with E-state index in [2.05, 4.69) is 0 Å². The molecule has 0 aromatic heterocycles. The molecule has 5 nitrogen and oxygen atoms in total. The Morgan fingerprint density at radius 3 is 2.41 bits per heavy atom. The second kappa shape index (κ2) is 10.2. The van der Waals surface area contributed by atoms with Gasteiger partial charge in [-0.05, 0) is 49.8 Å². The normalized spacial score (nSPS) is 15.3. The molecule has 9 heteroatoms. The van der Waals surface area contributed by atoms with E-state index in [4.69, 9.17) is 16.3 Å². The van der Waals surface area contributed by atoms with Crippen molar-refractivity contribution in [1.29, 1.82) is 0 Å². The van der Waals surface area contributed by atoms with E-state index in [9.17, 15) is 22.8 Å². The Morgan fingerprint density at radius 2 is 1.86 bits per heavy atom. The number of benzene rings is 1. The Kier molecular flexibility index (Phi) is 8.19. The van der Waals surface area contributed by atoms with Gasteiger partial charge in [0.1, 0.15) is 5.75 Å². The van der Waals surface area contributed by atoms with Gasteiger partial charge in [-0.15, -0.1) is 0 Å². The van der Waals surface area contributed by atoms with Crippen molar-refractivity contribution in [3.05, 3.63) is 28.8 Å². The summed E-state index contributed by atoms with van der Waals surface area (Å²) >= 11 is 6.15.